The van der Waals surface area contributed by atoms with E-state index in [1.807, 2.05) is 56.3 Å². The molecular weight excluding hydrogens is 438 g/mol. The van der Waals surface area contributed by atoms with Crippen LogP contribution < -0.4 is 14.8 Å². The van der Waals surface area contributed by atoms with Gasteiger partial charge in [0.2, 0.25) is 0 Å². The molecule has 7 nitrogen and oxygen atoms in total. The summed E-state index contributed by atoms with van der Waals surface area (Å²) in [6, 6.07) is 22.5. The van der Waals surface area contributed by atoms with E-state index in [1.165, 1.54) is 12.1 Å². The fourth-order valence-corrected chi connectivity index (χ4v) is 4.47. The maximum Gasteiger partial charge on any atom is 0.261 e. The van der Waals surface area contributed by atoms with Gasteiger partial charge in [-0.1, -0.05) is 36.4 Å². The van der Waals surface area contributed by atoms with Gasteiger partial charge >= 0.3 is 0 Å². The third-order valence-electron chi connectivity index (χ3n) is 5.09. The van der Waals surface area contributed by atoms with Crippen LogP contribution in [0.15, 0.2) is 83.8 Å². The summed E-state index contributed by atoms with van der Waals surface area (Å²) in [5.74, 6) is 0.321. The Kier molecular flexibility index (Phi) is 8.08. The number of benzene rings is 3. The molecule has 0 radical (unpaired) electrons. The summed E-state index contributed by atoms with van der Waals surface area (Å²) in [4.78, 5) is 14.8. The Labute approximate surface area is 195 Å². The molecule has 0 spiro atoms. The standard InChI is InChI=1S/C25H29N3O4S/c1-4-32-22-15-13-21(14-16-22)27-33(30,31)23-12-8-11-20(17-23)25(29)26-18-24(28(2)3)19-9-6-5-7-10-19/h5-17,24,27H,4,18H2,1-3H3,(H,26,29). The molecule has 1 atom stereocenters. The molecular formula is C25H29N3O4S. The Morgan fingerprint density at radius 3 is 2.30 bits per heavy atom. The summed E-state index contributed by atoms with van der Waals surface area (Å²) >= 11 is 0. The quantitative estimate of drug-likeness (QED) is 0.472. The maximum absolute atomic E-state index is 12.8. The van der Waals surface area contributed by atoms with Gasteiger partial charge in [0.15, 0.2) is 0 Å². The fourth-order valence-electron chi connectivity index (χ4n) is 3.37. The van der Waals surface area contributed by atoms with Crippen LogP contribution in [0.25, 0.3) is 0 Å². The molecule has 1 unspecified atom stereocenters. The molecule has 8 heteroatoms. The van der Waals surface area contributed by atoms with Gasteiger partial charge in [0.25, 0.3) is 15.9 Å². The largest absolute Gasteiger partial charge is 0.494 e. The highest BCUT2D eigenvalue weighted by molar-refractivity contribution is 7.92. The van der Waals surface area contributed by atoms with Gasteiger partial charge in [0, 0.05) is 17.8 Å². The number of likely N-dealkylation sites (N-methyl/N-ethyl adjacent to an activating group) is 1. The van der Waals surface area contributed by atoms with Crippen molar-refractivity contribution in [1.29, 1.82) is 0 Å². The molecule has 0 aliphatic carbocycles. The first-order valence-electron chi connectivity index (χ1n) is 10.7. The molecule has 0 fully saturated rings. The third-order valence-corrected chi connectivity index (χ3v) is 6.47. The highest BCUT2D eigenvalue weighted by atomic mass is 32.2. The number of carbonyl (C=O) groups is 1. The Hall–Kier alpha value is -3.36. The molecule has 0 aliphatic heterocycles. The molecule has 0 heterocycles. The summed E-state index contributed by atoms with van der Waals surface area (Å²) < 4.78 is 33.6. The van der Waals surface area contributed by atoms with Gasteiger partial charge in [-0.15, -0.1) is 0 Å². The Balaban J connectivity index is 1.70. The average molecular weight is 468 g/mol. The van der Waals surface area contributed by atoms with E-state index in [0.29, 0.717) is 24.6 Å². The van der Waals surface area contributed by atoms with Gasteiger partial charge in [0.1, 0.15) is 5.75 Å². The van der Waals surface area contributed by atoms with E-state index in [2.05, 4.69) is 10.0 Å². The molecule has 174 valence electrons. The number of hydrogen-bond donors (Lipinski definition) is 2. The minimum Gasteiger partial charge on any atom is -0.494 e. The molecule has 0 saturated heterocycles. The second-order valence-corrected chi connectivity index (χ2v) is 9.37. The van der Waals surface area contributed by atoms with Gasteiger partial charge in [-0.05, 0) is 69.0 Å². The Morgan fingerprint density at radius 1 is 0.970 bits per heavy atom. The molecule has 1 amide bonds. The predicted molar refractivity (Wildman–Crippen MR) is 130 cm³/mol. The van der Waals surface area contributed by atoms with Crippen LogP contribution in [0, 0.1) is 0 Å². The van der Waals surface area contributed by atoms with Crippen molar-refractivity contribution in [3.8, 4) is 5.75 Å². The maximum atomic E-state index is 12.8. The summed E-state index contributed by atoms with van der Waals surface area (Å²) in [5, 5.41) is 2.92. The predicted octanol–water partition coefficient (Wildman–Crippen LogP) is 3.92. The minimum atomic E-state index is -3.86. The number of rotatable bonds is 10. The van der Waals surface area contributed by atoms with Crippen LogP contribution in [-0.4, -0.2) is 46.5 Å². The smallest absolute Gasteiger partial charge is 0.261 e. The minimum absolute atomic E-state index is 0.0104. The van der Waals surface area contributed by atoms with Crippen molar-refractivity contribution in [1.82, 2.24) is 10.2 Å². The van der Waals surface area contributed by atoms with Gasteiger partial charge < -0.3 is 15.0 Å². The number of nitrogens with one attached hydrogen (secondary N) is 2. The number of hydrogen-bond acceptors (Lipinski definition) is 5. The second-order valence-electron chi connectivity index (χ2n) is 7.69. The van der Waals surface area contributed by atoms with E-state index < -0.39 is 10.0 Å². The molecule has 3 aromatic rings. The van der Waals surface area contributed by atoms with Crippen LogP contribution in [0.5, 0.6) is 5.75 Å². The van der Waals surface area contributed by atoms with E-state index in [1.54, 1.807) is 36.4 Å². The highest BCUT2D eigenvalue weighted by Gasteiger charge is 2.19. The van der Waals surface area contributed by atoms with Crippen molar-refractivity contribution in [3.05, 3.63) is 90.0 Å². The summed E-state index contributed by atoms with van der Waals surface area (Å²) in [7, 11) is 0.0348. The summed E-state index contributed by atoms with van der Waals surface area (Å²) in [6.45, 7) is 2.79. The van der Waals surface area contributed by atoms with Gasteiger partial charge in [-0.25, -0.2) is 8.42 Å². The zero-order valence-corrected chi connectivity index (χ0v) is 19.8. The van der Waals surface area contributed by atoms with Crippen LogP contribution in [0.1, 0.15) is 28.9 Å². The van der Waals surface area contributed by atoms with Crippen molar-refractivity contribution >= 4 is 21.6 Å². The number of anilines is 1. The molecule has 2 N–H and O–H groups in total. The van der Waals surface area contributed by atoms with Crippen molar-refractivity contribution in [2.24, 2.45) is 0 Å². The summed E-state index contributed by atoms with van der Waals surface area (Å²) in [5.41, 5.74) is 1.76. The first-order valence-corrected chi connectivity index (χ1v) is 12.1. The highest BCUT2D eigenvalue weighted by Crippen LogP contribution is 2.21. The molecule has 33 heavy (non-hydrogen) atoms. The SMILES string of the molecule is CCOc1ccc(NS(=O)(=O)c2cccc(C(=O)NCC(c3ccccc3)N(C)C)c2)cc1. The van der Waals surface area contributed by atoms with E-state index in [4.69, 9.17) is 4.74 Å². The molecule has 3 rings (SSSR count). The van der Waals surface area contributed by atoms with Crippen LogP contribution in [-0.2, 0) is 10.0 Å². The van der Waals surface area contributed by atoms with Crippen LogP contribution in [0.2, 0.25) is 0 Å². The lowest BCUT2D eigenvalue weighted by Crippen LogP contribution is -2.34. The van der Waals surface area contributed by atoms with E-state index in [0.717, 1.165) is 5.56 Å². The van der Waals surface area contributed by atoms with Gasteiger partial charge in [-0.3, -0.25) is 9.52 Å². The van der Waals surface area contributed by atoms with Crippen LogP contribution in [0.4, 0.5) is 5.69 Å². The van der Waals surface area contributed by atoms with E-state index >= 15 is 0 Å². The molecule has 0 aliphatic rings. The number of ether oxygens (including phenoxy) is 1. The van der Waals surface area contributed by atoms with Crippen molar-refractivity contribution < 1.29 is 17.9 Å². The van der Waals surface area contributed by atoms with Crippen LogP contribution >= 0.6 is 0 Å². The third kappa shape index (κ3) is 6.57. The molecule has 0 aromatic heterocycles. The number of amides is 1. The van der Waals surface area contributed by atoms with E-state index in [-0.39, 0.29) is 22.4 Å². The lowest BCUT2D eigenvalue weighted by atomic mass is 10.1. The molecule has 0 saturated carbocycles. The average Bonchev–Trinajstić information content (AvgIpc) is 2.81. The first kappa shape index (κ1) is 24.3. The Bertz CT molecular complexity index is 1160. The lowest BCUT2D eigenvalue weighted by Gasteiger charge is -2.25. The number of carbonyl (C=O) groups excluding carboxylic acids is 1. The second kappa shape index (κ2) is 11.0. The van der Waals surface area contributed by atoms with E-state index in [9.17, 15) is 13.2 Å². The van der Waals surface area contributed by atoms with Crippen molar-refractivity contribution in [2.75, 3.05) is 32.0 Å². The van der Waals surface area contributed by atoms with Gasteiger partial charge in [-0.2, -0.15) is 0 Å². The zero-order valence-electron chi connectivity index (χ0n) is 19.0. The van der Waals surface area contributed by atoms with Crippen molar-refractivity contribution in [2.45, 2.75) is 17.9 Å². The van der Waals surface area contributed by atoms with Crippen molar-refractivity contribution in [3.63, 3.8) is 0 Å². The normalized spacial score (nSPS) is 12.2. The molecule has 0 bridgehead atoms. The van der Waals surface area contributed by atoms with Gasteiger partial charge in [0.05, 0.1) is 17.5 Å². The fraction of sp³-hybridized carbons (Fsp3) is 0.240. The zero-order chi connectivity index (χ0) is 23.8. The summed E-state index contributed by atoms with van der Waals surface area (Å²) in [6.07, 6.45) is 0. The monoisotopic (exact) mass is 467 g/mol. The molecule has 3 aromatic carbocycles. The number of nitrogens with zero attached hydrogens (tertiary/aromatic N) is 1. The van der Waals surface area contributed by atoms with Crippen LogP contribution in [0.3, 0.4) is 0 Å². The lowest BCUT2D eigenvalue weighted by molar-refractivity contribution is 0.0941. The first-order chi connectivity index (χ1) is 15.8. The topological polar surface area (TPSA) is 87.7 Å². The Morgan fingerprint density at radius 2 is 1.67 bits per heavy atom. The number of sulfonamides is 1.